The Balaban J connectivity index is 1.16. The number of benzene rings is 3. The van der Waals surface area contributed by atoms with Crippen molar-refractivity contribution in [3.05, 3.63) is 82.7 Å². The highest BCUT2D eigenvalue weighted by Gasteiger charge is 2.27. The molecule has 5 aromatic rings. The van der Waals surface area contributed by atoms with Crippen LogP contribution in [0.2, 0.25) is 0 Å². The van der Waals surface area contributed by atoms with Crippen molar-refractivity contribution in [2.24, 2.45) is 0 Å². The number of rotatable bonds is 10. The Morgan fingerprint density at radius 3 is 2.84 bits per heavy atom. The number of anilines is 1. The number of pyridine rings is 1. The van der Waals surface area contributed by atoms with Gasteiger partial charge in [0.05, 0.1) is 54.0 Å². The summed E-state index contributed by atoms with van der Waals surface area (Å²) in [5.74, 6) is -0.288. The van der Waals surface area contributed by atoms with Crippen molar-refractivity contribution in [3.63, 3.8) is 0 Å². The van der Waals surface area contributed by atoms with Gasteiger partial charge >= 0.3 is 0 Å². The van der Waals surface area contributed by atoms with Gasteiger partial charge in [0.1, 0.15) is 23.7 Å². The lowest BCUT2D eigenvalue weighted by atomic mass is 10.1. The van der Waals surface area contributed by atoms with Crippen LogP contribution in [0.25, 0.3) is 27.6 Å². The molecule has 3 N–H and O–H groups in total. The smallest absolute Gasteiger partial charge is 0.256 e. The highest BCUT2D eigenvalue weighted by molar-refractivity contribution is 8.00. The Bertz CT molecular complexity index is 1970. The van der Waals surface area contributed by atoms with E-state index in [0.29, 0.717) is 29.2 Å². The van der Waals surface area contributed by atoms with Crippen LogP contribution in [0, 0.1) is 5.82 Å². The first-order chi connectivity index (χ1) is 22.0. The maximum Gasteiger partial charge on any atom is 0.256 e. The Hall–Kier alpha value is -4.39. The van der Waals surface area contributed by atoms with Crippen molar-refractivity contribution in [1.82, 2.24) is 19.8 Å². The van der Waals surface area contributed by atoms with E-state index in [1.54, 1.807) is 13.3 Å². The van der Waals surface area contributed by atoms with Crippen LogP contribution < -0.4 is 25.4 Å². The van der Waals surface area contributed by atoms with E-state index in [-0.39, 0.29) is 17.5 Å². The lowest BCUT2D eigenvalue weighted by Gasteiger charge is -2.27. The molecule has 0 atom stereocenters. The van der Waals surface area contributed by atoms with Crippen LogP contribution in [-0.4, -0.2) is 73.4 Å². The van der Waals surface area contributed by atoms with Crippen LogP contribution in [0.1, 0.15) is 16.8 Å². The van der Waals surface area contributed by atoms with Crippen LogP contribution in [0.15, 0.2) is 75.6 Å². The Morgan fingerprint density at radius 2 is 2.00 bits per heavy atom. The topological polar surface area (TPSA) is 104 Å². The molecule has 0 spiro atoms. The van der Waals surface area contributed by atoms with Crippen molar-refractivity contribution < 1.29 is 23.2 Å². The number of nitrogens with one attached hydrogen (secondary N) is 3. The number of imidazole rings is 1. The molecule has 45 heavy (non-hydrogen) atoms. The van der Waals surface area contributed by atoms with E-state index in [1.165, 1.54) is 17.8 Å². The molecule has 1 amide bonds. The second-order valence-electron chi connectivity index (χ2n) is 11.1. The first-order valence-electron chi connectivity index (χ1n) is 15.1. The van der Waals surface area contributed by atoms with Crippen LogP contribution >= 0.6 is 11.8 Å². The quantitative estimate of drug-likeness (QED) is 0.156. The number of carbonyl (C=O) groups excluding carboxylic acids is 1. The van der Waals surface area contributed by atoms with Crippen LogP contribution in [0.3, 0.4) is 0 Å². The second-order valence-corrected chi connectivity index (χ2v) is 12.2. The van der Waals surface area contributed by atoms with Gasteiger partial charge in [-0.2, -0.15) is 0 Å². The fraction of sp³-hybridized carbons (Fsp3) is 0.303. The number of halogens is 1. The van der Waals surface area contributed by atoms with Gasteiger partial charge in [-0.1, -0.05) is 23.9 Å². The van der Waals surface area contributed by atoms with Gasteiger partial charge in [0, 0.05) is 36.8 Å². The molecule has 12 heteroatoms. The summed E-state index contributed by atoms with van der Waals surface area (Å²) in [6.07, 6.45) is 4.26. The fourth-order valence-electron chi connectivity index (χ4n) is 6.02. The third-order valence-corrected chi connectivity index (χ3v) is 9.53. The summed E-state index contributed by atoms with van der Waals surface area (Å²) < 4.78 is 30.4. The number of H-pyrrole nitrogens is 1. The van der Waals surface area contributed by atoms with Crippen LogP contribution in [-0.2, 0) is 11.3 Å². The van der Waals surface area contributed by atoms with Crippen molar-refractivity contribution in [3.8, 4) is 11.4 Å². The van der Waals surface area contributed by atoms with Crippen molar-refractivity contribution in [2.75, 3.05) is 58.4 Å². The van der Waals surface area contributed by atoms with E-state index in [2.05, 4.69) is 20.5 Å². The lowest BCUT2D eigenvalue weighted by molar-refractivity contribution is -0.669. The zero-order chi connectivity index (χ0) is 30.9. The van der Waals surface area contributed by atoms with Gasteiger partial charge in [0.25, 0.3) is 5.91 Å². The van der Waals surface area contributed by atoms with E-state index in [1.807, 2.05) is 57.9 Å². The van der Waals surface area contributed by atoms with Crippen LogP contribution in [0.5, 0.6) is 5.75 Å². The molecule has 3 aromatic carbocycles. The van der Waals surface area contributed by atoms with Crippen molar-refractivity contribution in [2.45, 2.75) is 22.8 Å². The largest absolute Gasteiger partial charge is 0.497 e. The number of nitrogens with zero attached hydrogens (tertiary/aromatic N) is 3. The van der Waals surface area contributed by atoms with Gasteiger partial charge in [0.2, 0.25) is 11.8 Å². The predicted molar refractivity (Wildman–Crippen MR) is 171 cm³/mol. The Kier molecular flexibility index (Phi) is 8.18. The summed E-state index contributed by atoms with van der Waals surface area (Å²) in [6.45, 7) is 5.52. The van der Waals surface area contributed by atoms with Crippen LogP contribution in [0.4, 0.5) is 10.1 Å². The molecule has 0 aliphatic carbocycles. The third kappa shape index (κ3) is 5.65. The van der Waals surface area contributed by atoms with Gasteiger partial charge in [-0.25, -0.2) is 13.9 Å². The maximum atomic E-state index is 15.8. The van der Waals surface area contributed by atoms with E-state index < -0.39 is 17.2 Å². The van der Waals surface area contributed by atoms with Crippen molar-refractivity contribution in [1.29, 1.82) is 0 Å². The zero-order valence-electron chi connectivity index (χ0n) is 24.9. The minimum atomic E-state index is -0.511. The number of aromatic nitrogens is 3. The molecule has 7 rings (SSSR count). The molecule has 232 valence electrons. The first-order valence-corrected chi connectivity index (χ1v) is 15.9. The van der Waals surface area contributed by atoms with Gasteiger partial charge in [0.15, 0.2) is 11.0 Å². The van der Waals surface area contributed by atoms with E-state index in [9.17, 15) is 9.59 Å². The van der Waals surface area contributed by atoms with Gasteiger partial charge in [-0.3, -0.25) is 14.5 Å². The molecule has 1 saturated heterocycles. The number of amides is 1. The van der Waals surface area contributed by atoms with Crippen molar-refractivity contribution >= 4 is 45.3 Å². The summed E-state index contributed by atoms with van der Waals surface area (Å²) in [6, 6.07) is 14.7. The average Bonchev–Trinajstić information content (AvgIpc) is 3.47. The number of hydrogen-bond acceptors (Lipinski definition) is 7. The molecule has 10 nitrogen and oxygen atoms in total. The minimum absolute atomic E-state index is 0.0358. The summed E-state index contributed by atoms with van der Waals surface area (Å²) in [7, 11) is 1.62. The standard InChI is InChI=1S/C33H33FN6O4S/c1-43-21-7-8-25-27(17-21)39(20-37-25)12-10-36-33(42)23-19-40-26-5-2-3-6-28(26)45-32-29(24(34)18-22(30(32)40)31(23)41)35-9-4-11-38-13-15-44-16-14-38/h2-3,5-8,17-20H,4,9-16H2,1H3,(H2,35,36,41,42)/p+1. The van der Waals surface area contributed by atoms with Gasteiger partial charge in [-0.05, 0) is 43.3 Å². The first kappa shape index (κ1) is 29.3. The molecule has 0 radical (unpaired) electrons. The number of fused-ring (bicyclic) bond motifs is 3. The average molecular weight is 630 g/mol. The predicted octanol–water partition coefficient (Wildman–Crippen LogP) is 3.94. The number of methoxy groups -OCH3 is 1. The second kappa shape index (κ2) is 12.5. The highest BCUT2D eigenvalue weighted by Crippen LogP contribution is 2.46. The molecule has 2 aliphatic rings. The molecule has 2 aliphatic heterocycles. The zero-order valence-corrected chi connectivity index (χ0v) is 25.7. The molecule has 0 bridgehead atoms. The maximum absolute atomic E-state index is 15.8. The van der Waals surface area contributed by atoms with Gasteiger partial charge < -0.3 is 24.7 Å². The number of carbonyl (C=O) groups is 1. The number of ether oxygens (including phenoxy) is 2. The van der Waals surface area contributed by atoms with E-state index in [0.717, 1.165) is 66.6 Å². The molecule has 4 heterocycles. The van der Waals surface area contributed by atoms with E-state index in [4.69, 9.17) is 9.47 Å². The number of hydrogen-bond donors (Lipinski definition) is 3. The SMILES string of the molecule is COc1ccc2[nH]c[n+](CCNC(=O)c3cn4c5c(c(NCCCN6CCOCC6)c(F)cc5c3=O)Sc3ccccc3-4)c2c1. The summed E-state index contributed by atoms with van der Waals surface area (Å²) in [5.41, 5.74) is 3.15. The normalized spacial score (nSPS) is 14.4. The summed E-state index contributed by atoms with van der Waals surface area (Å²) >= 11 is 1.44. The monoisotopic (exact) mass is 629 g/mol. The summed E-state index contributed by atoms with van der Waals surface area (Å²) in [5, 5.41) is 6.38. The molecule has 2 aromatic heterocycles. The third-order valence-electron chi connectivity index (χ3n) is 8.36. The Morgan fingerprint density at radius 1 is 1.16 bits per heavy atom. The van der Waals surface area contributed by atoms with Gasteiger partial charge in [-0.15, -0.1) is 0 Å². The number of morpholine rings is 1. The minimum Gasteiger partial charge on any atom is -0.497 e. The Labute approximate surface area is 263 Å². The molecule has 1 fully saturated rings. The lowest BCUT2D eigenvalue weighted by Crippen LogP contribution is -2.40. The fourth-order valence-corrected chi connectivity index (χ4v) is 7.23. The van der Waals surface area contributed by atoms with E-state index >= 15 is 4.39 Å². The highest BCUT2D eigenvalue weighted by atomic mass is 32.2. The summed E-state index contributed by atoms with van der Waals surface area (Å²) in [4.78, 5) is 34.3. The molecular formula is C33H34FN6O4S+. The number of para-hydroxylation sites is 1. The molecule has 0 saturated carbocycles. The molecule has 0 unspecified atom stereocenters. The molecular weight excluding hydrogens is 595 g/mol. The number of aromatic amines is 1.